The standard InChI is InChI=1S/C17H18BrF/c1-10-5-6-14(7-11(10)2)17(18)16-12(3)8-15(19)9-13(16)4/h5-9,17H,1-4H3. The fourth-order valence-electron chi connectivity index (χ4n) is 2.41. The van der Waals surface area contributed by atoms with Gasteiger partial charge >= 0.3 is 0 Å². The van der Waals surface area contributed by atoms with Crippen LogP contribution in [0.25, 0.3) is 0 Å². The summed E-state index contributed by atoms with van der Waals surface area (Å²) in [6, 6.07) is 9.64. The zero-order valence-electron chi connectivity index (χ0n) is 11.7. The highest BCUT2D eigenvalue weighted by Crippen LogP contribution is 2.36. The van der Waals surface area contributed by atoms with Gasteiger partial charge in [-0.05, 0) is 73.2 Å². The average Bonchev–Trinajstić information content (AvgIpc) is 2.31. The zero-order valence-corrected chi connectivity index (χ0v) is 13.3. The van der Waals surface area contributed by atoms with Crippen LogP contribution in [0.4, 0.5) is 4.39 Å². The van der Waals surface area contributed by atoms with Crippen molar-refractivity contribution in [3.63, 3.8) is 0 Å². The van der Waals surface area contributed by atoms with Crippen LogP contribution in [-0.2, 0) is 0 Å². The third kappa shape index (κ3) is 2.89. The Morgan fingerprint density at radius 2 is 1.42 bits per heavy atom. The molecule has 0 amide bonds. The largest absolute Gasteiger partial charge is 0.207 e. The molecular formula is C17H18BrF. The third-order valence-electron chi connectivity index (χ3n) is 3.64. The molecule has 0 saturated heterocycles. The van der Waals surface area contributed by atoms with Crippen LogP contribution in [-0.4, -0.2) is 0 Å². The summed E-state index contributed by atoms with van der Waals surface area (Å²) < 4.78 is 13.4. The summed E-state index contributed by atoms with van der Waals surface area (Å²) in [4.78, 5) is 0.104. The minimum atomic E-state index is -0.168. The first-order valence-electron chi connectivity index (χ1n) is 6.38. The van der Waals surface area contributed by atoms with Crippen molar-refractivity contribution < 1.29 is 4.39 Å². The normalized spacial score (nSPS) is 12.5. The number of rotatable bonds is 2. The molecule has 0 spiro atoms. The van der Waals surface area contributed by atoms with Crippen molar-refractivity contribution in [2.45, 2.75) is 32.5 Å². The van der Waals surface area contributed by atoms with Crippen LogP contribution < -0.4 is 0 Å². The van der Waals surface area contributed by atoms with Crippen molar-refractivity contribution in [1.82, 2.24) is 0 Å². The topological polar surface area (TPSA) is 0 Å². The molecule has 0 aliphatic carbocycles. The second-order valence-corrected chi connectivity index (χ2v) is 6.08. The summed E-state index contributed by atoms with van der Waals surface area (Å²) in [6.07, 6.45) is 0. The van der Waals surface area contributed by atoms with Gasteiger partial charge in [-0.3, -0.25) is 0 Å². The van der Waals surface area contributed by atoms with Gasteiger partial charge in [-0.2, -0.15) is 0 Å². The first-order valence-corrected chi connectivity index (χ1v) is 7.29. The number of hydrogen-bond acceptors (Lipinski definition) is 0. The molecule has 2 heteroatoms. The van der Waals surface area contributed by atoms with Crippen LogP contribution in [0.2, 0.25) is 0 Å². The van der Waals surface area contributed by atoms with E-state index in [1.54, 1.807) is 12.1 Å². The lowest BCUT2D eigenvalue weighted by molar-refractivity contribution is 0.624. The van der Waals surface area contributed by atoms with Crippen LogP contribution in [0.3, 0.4) is 0 Å². The van der Waals surface area contributed by atoms with Gasteiger partial charge in [-0.1, -0.05) is 34.1 Å². The fraction of sp³-hybridized carbons (Fsp3) is 0.294. The summed E-state index contributed by atoms with van der Waals surface area (Å²) in [5, 5.41) is 0. The Kier molecular flexibility index (Phi) is 4.10. The third-order valence-corrected chi connectivity index (χ3v) is 4.62. The van der Waals surface area contributed by atoms with Crippen LogP contribution in [0.1, 0.15) is 38.2 Å². The van der Waals surface area contributed by atoms with E-state index in [0.29, 0.717) is 0 Å². The van der Waals surface area contributed by atoms with Gasteiger partial charge in [0.15, 0.2) is 0 Å². The van der Waals surface area contributed by atoms with E-state index in [1.807, 2.05) is 13.8 Å². The minimum Gasteiger partial charge on any atom is -0.207 e. The number of benzene rings is 2. The van der Waals surface area contributed by atoms with Gasteiger partial charge in [0.25, 0.3) is 0 Å². The lowest BCUT2D eigenvalue weighted by Crippen LogP contribution is -2.01. The zero-order chi connectivity index (χ0) is 14.2. The van der Waals surface area contributed by atoms with Gasteiger partial charge in [0.1, 0.15) is 5.82 Å². The number of halogens is 2. The molecule has 2 aromatic carbocycles. The molecule has 0 saturated carbocycles. The number of aryl methyl sites for hydroxylation is 4. The van der Waals surface area contributed by atoms with Crippen LogP contribution in [0.15, 0.2) is 30.3 Å². The van der Waals surface area contributed by atoms with Gasteiger partial charge in [-0.25, -0.2) is 4.39 Å². The molecule has 1 atom stereocenters. The van der Waals surface area contributed by atoms with Crippen LogP contribution in [0.5, 0.6) is 0 Å². The van der Waals surface area contributed by atoms with E-state index in [1.165, 1.54) is 16.7 Å². The smallest absolute Gasteiger partial charge is 0.123 e. The summed E-state index contributed by atoms with van der Waals surface area (Å²) in [7, 11) is 0. The molecule has 1 unspecified atom stereocenters. The minimum absolute atomic E-state index is 0.104. The molecule has 0 N–H and O–H groups in total. The van der Waals surface area contributed by atoms with Gasteiger partial charge in [0, 0.05) is 0 Å². The molecule has 19 heavy (non-hydrogen) atoms. The second kappa shape index (κ2) is 5.46. The Bertz CT molecular complexity index is 594. The Labute approximate surface area is 122 Å². The molecule has 2 rings (SSSR count). The molecule has 0 aliphatic rings. The Morgan fingerprint density at radius 3 is 1.95 bits per heavy atom. The van der Waals surface area contributed by atoms with Gasteiger partial charge < -0.3 is 0 Å². The number of hydrogen-bond donors (Lipinski definition) is 0. The quantitative estimate of drug-likeness (QED) is 0.637. The molecule has 0 aliphatic heterocycles. The van der Waals surface area contributed by atoms with Gasteiger partial charge in [0.2, 0.25) is 0 Å². The summed E-state index contributed by atoms with van der Waals surface area (Å²) in [5.41, 5.74) is 6.90. The van der Waals surface area contributed by atoms with Crippen molar-refractivity contribution in [1.29, 1.82) is 0 Å². The highest BCUT2D eigenvalue weighted by atomic mass is 79.9. The first-order chi connectivity index (χ1) is 8.90. The molecule has 2 aromatic rings. The van der Waals surface area contributed by atoms with Crippen LogP contribution in [0, 0.1) is 33.5 Å². The SMILES string of the molecule is Cc1ccc(C(Br)c2c(C)cc(F)cc2C)cc1C. The molecule has 0 heterocycles. The predicted molar refractivity (Wildman–Crippen MR) is 82.6 cm³/mol. The summed E-state index contributed by atoms with van der Waals surface area (Å²) >= 11 is 3.76. The predicted octanol–water partition coefficient (Wildman–Crippen LogP) is 5.54. The fourth-order valence-corrected chi connectivity index (χ4v) is 3.42. The maximum absolute atomic E-state index is 13.4. The van der Waals surface area contributed by atoms with E-state index in [9.17, 15) is 4.39 Å². The molecule has 0 nitrogen and oxygen atoms in total. The molecular weight excluding hydrogens is 303 g/mol. The van der Waals surface area contributed by atoms with E-state index in [0.717, 1.165) is 16.7 Å². The number of alkyl halides is 1. The van der Waals surface area contributed by atoms with Gasteiger partial charge in [-0.15, -0.1) is 0 Å². The van der Waals surface area contributed by atoms with E-state index in [2.05, 4.69) is 48.0 Å². The highest BCUT2D eigenvalue weighted by Gasteiger charge is 2.16. The maximum Gasteiger partial charge on any atom is 0.123 e. The van der Waals surface area contributed by atoms with E-state index in [-0.39, 0.29) is 10.6 Å². The van der Waals surface area contributed by atoms with Crippen molar-refractivity contribution >= 4 is 15.9 Å². The Balaban J connectivity index is 2.49. The molecule has 0 radical (unpaired) electrons. The average molecular weight is 321 g/mol. The van der Waals surface area contributed by atoms with Crippen LogP contribution >= 0.6 is 15.9 Å². The monoisotopic (exact) mass is 320 g/mol. The van der Waals surface area contributed by atoms with E-state index >= 15 is 0 Å². The van der Waals surface area contributed by atoms with Crippen molar-refractivity contribution in [3.8, 4) is 0 Å². The maximum atomic E-state index is 13.4. The lowest BCUT2D eigenvalue weighted by Gasteiger charge is -2.18. The van der Waals surface area contributed by atoms with Crippen molar-refractivity contribution in [2.75, 3.05) is 0 Å². The molecule has 0 fully saturated rings. The second-order valence-electron chi connectivity index (χ2n) is 5.16. The molecule has 100 valence electrons. The van der Waals surface area contributed by atoms with Crippen molar-refractivity contribution in [3.05, 3.63) is 69.5 Å². The molecule has 0 aromatic heterocycles. The van der Waals surface area contributed by atoms with Gasteiger partial charge in [0.05, 0.1) is 4.83 Å². The molecule has 0 bridgehead atoms. The Hall–Kier alpha value is -1.15. The lowest BCUT2D eigenvalue weighted by atomic mass is 9.94. The Morgan fingerprint density at radius 1 is 0.842 bits per heavy atom. The van der Waals surface area contributed by atoms with Crippen molar-refractivity contribution in [2.24, 2.45) is 0 Å². The summed E-state index contributed by atoms with van der Waals surface area (Å²) in [6.45, 7) is 8.14. The van der Waals surface area contributed by atoms with E-state index < -0.39 is 0 Å². The highest BCUT2D eigenvalue weighted by molar-refractivity contribution is 9.09. The first kappa shape index (κ1) is 14.3. The van der Waals surface area contributed by atoms with E-state index in [4.69, 9.17) is 0 Å². The summed E-state index contributed by atoms with van der Waals surface area (Å²) in [5.74, 6) is -0.168.